The number of fused-ring (bicyclic) bond motifs is 1. The summed E-state index contributed by atoms with van der Waals surface area (Å²) in [5, 5.41) is 20.6. The van der Waals surface area contributed by atoms with Crippen LogP contribution < -0.4 is 14.2 Å². The van der Waals surface area contributed by atoms with Crippen LogP contribution in [0.15, 0.2) is 42.5 Å². The summed E-state index contributed by atoms with van der Waals surface area (Å²) in [7, 11) is 1.63. The predicted octanol–water partition coefficient (Wildman–Crippen LogP) is 5.85. The summed E-state index contributed by atoms with van der Waals surface area (Å²) in [5.41, 5.74) is 1.99. The molecule has 6 heteroatoms. The second-order valence-corrected chi connectivity index (χ2v) is 9.84. The van der Waals surface area contributed by atoms with Crippen molar-refractivity contribution in [2.24, 2.45) is 11.8 Å². The topological polar surface area (TPSA) is 85.2 Å². The quantitative estimate of drug-likeness (QED) is 0.300. The minimum absolute atomic E-state index is 0.00107. The monoisotopic (exact) mass is 498 g/mol. The van der Waals surface area contributed by atoms with Gasteiger partial charge in [-0.25, -0.2) is 0 Å². The molecule has 2 N–H and O–H groups in total. The van der Waals surface area contributed by atoms with E-state index >= 15 is 0 Å². The van der Waals surface area contributed by atoms with Crippen LogP contribution >= 0.6 is 0 Å². The number of ether oxygens (including phenoxy) is 3. The summed E-state index contributed by atoms with van der Waals surface area (Å²) < 4.78 is 16.5. The molecule has 0 spiro atoms. The Morgan fingerprint density at radius 1 is 1.00 bits per heavy atom. The molecule has 0 bridgehead atoms. The first-order valence-corrected chi connectivity index (χ1v) is 13.3. The van der Waals surface area contributed by atoms with Crippen molar-refractivity contribution in [3.8, 4) is 17.2 Å². The fourth-order valence-electron chi connectivity index (χ4n) is 5.13. The van der Waals surface area contributed by atoms with Crippen LogP contribution in [0.4, 0.5) is 0 Å². The molecule has 0 saturated heterocycles. The van der Waals surface area contributed by atoms with Crippen molar-refractivity contribution in [2.45, 2.75) is 70.8 Å². The molecule has 0 fully saturated rings. The highest BCUT2D eigenvalue weighted by molar-refractivity contribution is 5.78. The van der Waals surface area contributed by atoms with E-state index in [2.05, 4.69) is 13.8 Å². The smallest absolute Gasteiger partial charge is 0.161 e. The molecule has 0 aliphatic carbocycles. The van der Waals surface area contributed by atoms with Crippen LogP contribution in [0, 0.1) is 11.8 Å². The molecule has 3 rings (SSSR count). The minimum atomic E-state index is -0.497. The summed E-state index contributed by atoms with van der Waals surface area (Å²) in [6, 6.07) is 13.5. The first-order chi connectivity index (χ1) is 17.5. The highest BCUT2D eigenvalue weighted by atomic mass is 16.6. The minimum Gasteiger partial charge on any atom is -0.497 e. The molecule has 1 aliphatic heterocycles. The number of Topliss-reactive ketones (excluding diaryl/α,β-unsaturated/α-hetero) is 1. The first-order valence-electron chi connectivity index (χ1n) is 13.3. The number of methoxy groups -OCH3 is 1. The van der Waals surface area contributed by atoms with E-state index in [4.69, 9.17) is 14.2 Å². The average molecular weight is 499 g/mol. The highest BCUT2D eigenvalue weighted by Gasteiger charge is 2.28. The summed E-state index contributed by atoms with van der Waals surface area (Å²) in [5.74, 6) is 2.77. The lowest BCUT2D eigenvalue weighted by Crippen LogP contribution is -2.26. The molecule has 1 aliphatic rings. The number of carbonyl (C=O) groups excluding carboxylic acids is 1. The molecule has 4 atom stereocenters. The number of rotatable bonds is 15. The predicted molar refractivity (Wildman–Crippen MR) is 141 cm³/mol. The van der Waals surface area contributed by atoms with Crippen LogP contribution in [-0.2, 0) is 4.79 Å². The molecule has 4 unspecified atom stereocenters. The highest BCUT2D eigenvalue weighted by Crippen LogP contribution is 2.38. The number of benzene rings is 2. The van der Waals surface area contributed by atoms with Gasteiger partial charge >= 0.3 is 0 Å². The van der Waals surface area contributed by atoms with Gasteiger partial charge in [-0.2, -0.15) is 0 Å². The lowest BCUT2D eigenvalue weighted by atomic mass is 9.75. The molecule has 1 heterocycles. The zero-order valence-corrected chi connectivity index (χ0v) is 21.9. The van der Waals surface area contributed by atoms with Crippen molar-refractivity contribution in [1.82, 2.24) is 0 Å². The van der Waals surface area contributed by atoms with Crippen LogP contribution in [0.2, 0.25) is 0 Å². The molecule has 2 aromatic rings. The second kappa shape index (κ2) is 14.2. The number of aliphatic hydroxyl groups excluding tert-OH is 2. The Labute approximate surface area is 215 Å². The maximum absolute atomic E-state index is 12.8. The molecule has 0 amide bonds. The number of aliphatic hydroxyl groups is 2. The molecule has 0 radical (unpaired) electrons. The van der Waals surface area contributed by atoms with Gasteiger partial charge < -0.3 is 24.4 Å². The standard InChI is InChI=1S/C30H42O6/c1-4-22(27(20-31)21(2)24-12-15-29-30(19-24)36-17-16-35-29)18-25(32)8-6-5-7-9-28(33)23-10-13-26(34-3)14-11-23/h10-15,19,21-22,27-28,31,33H,4-9,16-18,20H2,1-3H3. The van der Waals surface area contributed by atoms with Crippen LogP contribution in [0.5, 0.6) is 17.2 Å². The van der Waals surface area contributed by atoms with Gasteiger partial charge in [-0.3, -0.25) is 4.79 Å². The molecule has 6 nitrogen and oxygen atoms in total. The van der Waals surface area contributed by atoms with E-state index in [-0.39, 0.29) is 30.1 Å². The first kappa shape index (κ1) is 28.0. The Morgan fingerprint density at radius 3 is 2.36 bits per heavy atom. The summed E-state index contributed by atoms with van der Waals surface area (Å²) in [6.45, 7) is 5.36. The Kier molecular flexibility index (Phi) is 11.1. The van der Waals surface area contributed by atoms with E-state index in [9.17, 15) is 15.0 Å². The van der Waals surface area contributed by atoms with Gasteiger partial charge in [0.05, 0.1) is 13.2 Å². The number of hydrogen-bond acceptors (Lipinski definition) is 6. The van der Waals surface area contributed by atoms with Gasteiger partial charge in [-0.1, -0.05) is 51.3 Å². The van der Waals surface area contributed by atoms with Gasteiger partial charge in [0.25, 0.3) is 0 Å². The Hall–Kier alpha value is -2.57. The zero-order chi connectivity index (χ0) is 25.9. The van der Waals surface area contributed by atoms with E-state index in [1.165, 1.54) is 0 Å². The third kappa shape index (κ3) is 7.71. The van der Waals surface area contributed by atoms with Gasteiger partial charge in [0.1, 0.15) is 24.7 Å². The summed E-state index contributed by atoms with van der Waals surface area (Å²) in [4.78, 5) is 12.8. The Bertz CT molecular complexity index is 941. The maximum Gasteiger partial charge on any atom is 0.161 e. The third-order valence-corrected chi connectivity index (χ3v) is 7.50. The number of hydrogen-bond donors (Lipinski definition) is 2. The third-order valence-electron chi connectivity index (χ3n) is 7.50. The molecular formula is C30H42O6. The van der Waals surface area contributed by atoms with E-state index in [1.54, 1.807) is 7.11 Å². The lowest BCUT2D eigenvalue weighted by molar-refractivity contribution is -0.120. The fourth-order valence-corrected chi connectivity index (χ4v) is 5.13. The van der Waals surface area contributed by atoms with Crippen molar-refractivity contribution in [1.29, 1.82) is 0 Å². The fraction of sp³-hybridized carbons (Fsp3) is 0.567. The van der Waals surface area contributed by atoms with Gasteiger partial charge in [-0.05, 0) is 66.0 Å². The summed E-state index contributed by atoms with van der Waals surface area (Å²) >= 11 is 0. The van der Waals surface area contributed by atoms with Crippen molar-refractivity contribution in [3.63, 3.8) is 0 Å². The van der Waals surface area contributed by atoms with Crippen molar-refractivity contribution in [3.05, 3.63) is 53.6 Å². The van der Waals surface area contributed by atoms with E-state index in [0.717, 1.165) is 54.1 Å². The van der Waals surface area contributed by atoms with Crippen molar-refractivity contribution >= 4 is 5.78 Å². The normalized spacial score (nSPS) is 16.1. The Balaban J connectivity index is 1.43. The van der Waals surface area contributed by atoms with Crippen molar-refractivity contribution < 1.29 is 29.2 Å². The molecule has 36 heavy (non-hydrogen) atoms. The van der Waals surface area contributed by atoms with Crippen molar-refractivity contribution in [2.75, 3.05) is 26.9 Å². The van der Waals surface area contributed by atoms with Crippen LogP contribution in [0.25, 0.3) is 0 Å². The lowest BCUT2D eigenvalue weighted by Gasteiger charge is -2.30. The molecule has 2 aromatic carbocycles. The van der Waals surface area contributed by atoms with Gasteiger partial charge in [0, 0.05) is 19.4 Å². The Morgan fingerprint density at radius 2 is 1.69 bits per heavy atom. The summed E-state index contributed by atoms with van der Waals surface area (Å²) in [6.07, 6.45) is 4.68. The van der Waals surface area contributed by atoms with E-state index in [0.29, 0.717) is 32.5 Å². The van der Waals surface area contributed by atoms with Crippen LogP contribution in [0.1, 0.15) is 81.9 Å². The van der Waals surface area contributed by atoms with E-state index < -0.39 is 6.10 Å². The maximum atomic E-state index is 12.8. The molecule has 0 saturated carbocycles. The van der Waals surface area contributed by atoms with E-state index in [1.807, 2.05) is 42.5 Å². The number of ketones is 1. The van der Waals surface area contributed by atoms with Gasteiger partial charge in [-0.15, -0.1) is 0 Å². The number of unbranched alkanes of at least 4 members (excludes halogenated alkanes) is 2. The molecule has 0 aromatic heterocycles. The molecular weight excluding hydrogens is 456 g/mol. The van der Waals surface area contributed by atoms with Crippen LogP contribution in [-0.4, -0.2) is 42.9 Å². The SMILES string of the molecule is CCC(CC(=O)CCCCCC(O)c1ccc(OC)cc1)C(CO)C(C)c1ccc2c(c1)OCCO2. The van der Waals surface area contributed by atoms with Crippen LogP contribution in [0.3, 0.4) is 0 Å². The molecule has 198 valence electrons. The van der Waals surface area contributed by atoms with Gasteiger partial charge in [0.2, 0.25) is 0 Å². The second-order valence-electron chi connectivity index (χ2n) is 9.84. The number of carbonyl (C=O) groups is 1. The largest absolute Gasteiger partial charge is 0.497 e. The van der Waals surface area contributed by atoms with Gasteiger partial charge in [0.15, 0.2) is 11.5 Å². The zero-order valence-electron chi connectivity index (χ0n) is 21.9. The average Bonchev–Trinajstić information content (AvgIpc) is 2.92.